The Morgan fingerprint density at radius 1 is 1.21 bits per heavy atom. The van der Waals surface area contributed by atoms with E-state index < -0.39 is 0 Å². The monoisotopic (exact) mass is 407 g/mol. The molecule has 4 N–H and O–H groups in total. The molecular formula is C15H11BrClN5O2. The van der Waals surface area contributed by atoms with E-state index in [1.54, 1.807) is 6.07 Å². The number of anilines is 2. The number of nitrogens with zero attached hydrogens (tertiary/aromatic N) is 2. The maximum absolute atomic E-state index is 8.36. The Morgan fingerprint density at radius 2 is 2.00 bits per heavy atom. The smallest absolute Gasteiger partial charge is 0.290 e. The zero-order chi connectivity index (χ0) is 17.1. The standard InChI is InChI=1S/C14H9BrClN5.CH2O2/c15-7-1-2-8-10(5-7)19-14(18-8)20-11-6-17-9-3-4-12(16)21-13(9)11;2-1-3/h1-6,17H,(H2,18,19,20);1H,(H,2,3). The van der Waals surface area contributed by atoms with Gasteiger partial charge in [0.15, 0.2) is 0 Å². The van der Waals surface area contributed by atoms with Crippen molar-refractivity contribution < 1.29 is 9.90 Å². The van der Waals surface area contributed by atoms with Gasteiger partial charge in [0.05, 0.1) is 22.2 Å². The maximum Gasteiger partial charge on any atom is 0.290 e. The quantitative estimate of drug-likeness (QED) is 0.292. The highest BCUT2D eigenvalue weighted by Crippen LogP contribution is 2.26. The van der Waals surface area contributed by atoms with E-state index in [2.05, 4.69) is 41.2 Å². The average Bonchev–Trinajstić information content (AvgIpc) is 3.12. The Hall–Kier alpha value is -2.58. The molecule has 4 rings (SSSR count). The van der Waals surface area contributed by atoms with Gasteiger partial charge in [-0.3, -0.25) is 4.79 Å². The van der Waals surface area contributed by atoms with Crippen LogP contribution in [0.5, 0.6) is 0 Å². The van der Waals surface area contributed by atoms with E-state index in [1.807, 2.05) is 30.5 Å². The van der Waals surface area contributed by atoms with Crippen LogP contribution in [0.4, 0.5) is 11.6 Å². The molecule has 0 saturated carbocycles. The Bertz CT molecular complexity index is 1010. The SMILES string of the molecule is Clc1ccc2[nH]cc(Nc3nc4ccc(Br)cc4[nH]3)c2n1.O=CO. The van der Waals surface area contributed by atoms with Crippen molar-refractivity contribution in [1.82, 2.24) is 19.9 Å². The predicted octanol–water partition coefficient (Wildman–Crippen LogP) is 4.30. The fourth-order valence-corrected chi connectivity index (χ4v) is 2.75. The van der Waals surface area contributed by atoms with Gasteiger partial charge in [-0.2, -0.15) is 0 Å². The van der Waals surface area contributed by atoms with Gasteiger partial charge in [-0.05, 0) is 30.3 Å². The molecular weight excluding hydrogens is 398 g/mol. The van der Waals surface area contributed by atoms with Crippen LogP contribution in [0, 0.1) is 0 Å². The summed E-state index contributed by atoms with van der Waals surface area (Å²) in [4.78, 5) is 23.6. The van der Waals surface area contributed by atoms with Crippen LogP contribution in [0.15, 0.2) is 41.0 Å². The number of hydrogen-bond donors (Lipinski definition) is 4. The highest BCUT2D eigenvalue weighted by molar-refractivity contribution is 9.10. The van der Waals surface area contributed by atoms with Crippen LogP contribution in [0.25, 0.3) is 22.1 Å². The number of pyridine rings is 1. The number of carboxylic acid groups (broad SMARTS) is 1. The Labute approximate surface area is 149 Å². The molecule has 0 bridgehead atoms. The summed E-state index contributed by atoms with van der Waals surface area (Å²) in [5, 5.41) is 10.6. The van der Waals surface area contributed by atoms with Crippen LogP contribution in [0.3, 0.4) is 0 Å². The third-order valence-electron chi connectivity index (χ3n) is 3.19. The fourth-order valence-electron chi connectivity index (χ4n) is 2.24. The van der Waals surface area contributed by atoms with Gasteiger partial charge in [0, 0.05) is 10.7 Å². The Balaban J connectivity index is 0.000000526. The molecule has 0 atom stereocenters. The van der Waals surface area contributed by atoms with Gasteiger partial charge < -0.3 is 20.4 Å². The second-order valence-corrected chi connectivity index (χ2v) is 6.01. The minimum Gasteiger partial charge on any atom is -0.483 e. The average molecular weight is 409 g/mol. The molecule has 7 nitrogen and oxygen atoms in total. The lowest BCUT2D eigenvalue weighted by Gasteiger charge is -1.99. The van der Waals surface area contributed by atoms with Crippen molar-refractivity contribution in [1.29, 1.82) is 0 Å². The van der Waals surface area contributed by atoms with Crippen molar-refractivity contribution >= 4 is 67.7 Å². The molecule has 0 aliphatic heterocycles. The number of imidazole rings is 1. The lowest BCUT2D eigenvalue weighted by Crippen LogP contribution is -1.91. The number of fused-ring (bicyclic) bond motifs is 2. The molecule has 0 spiro atoms. The zero-order valence-electron chi connectivity index (χ0n) is 12.0. The van der Waals surface area contributed by atoms with Crippen LogP contribution >= 0.6 is 27.5 Å². The summed E-state index contributed by atoms with van der Waals surface area (Å²) in [6, 6.07) is 9.54. The van der Waals surface area contributed by atoms with Gasteiger partial charge in [-0.1, -0.05) is 27.5 Å². The number of halogens is 2. The van der Waals surface area contributed by atoms with Crippen LogP contribution in [0.1, 0.15) is 0 Å². The molecule has 0 fully saturated rings. The largest absolute Gasteiger partial charge is 0.483 e. The van der Waals surface area contributed by atoms with Gasteiger partial charge in [-0.15, -0.1) is 0 Å². The minimum absolute atomic E-state index is 0.250. The van der Waals surface area contributed by atoms with Gasteiger partial charge in [-0.25, -0.2) is 9.97 Å². The Kier molecular flexibility index (Phi) is 4.68. The number of carbonyl (C=O) groups is 1. The molecule has 0 saturated heterocycles. The normalized spacial score (nSPS) is 10.4. The van der Waals surface area contributed by atoms with Crippen LogP contribution < -0.4 is 5.32 Å². The lowest BCUT2D eigenvalue weighted by molar-refractivity contribution is -0.122. The topological polar surface area (TPSA) is 107 Å². The maximum atomic E-state index is 8.36. The number of hydrogen-bond acceptors (Lipinski definition) is 4. The van der Waals surface area contributed by atoms with E-state index in [0.29, 0.717) is 11.1 Å². The molecule has 0 aliphatic carbocycles. The first-order chi connectivity index (χ1) is 11.6. The van der Waals surface area contributed by atoms with Crippen molar-refractivity contribution in [2.45, 2.75) is 0 Å². The Morgan fingerprint density at radius 3 is 2.79 bits per heavy atom. The molecule has 24 heavy (non-hydrogen) atoms. The van der Waals surface area contributed by atoms with Crippen molar-refractivity contribution in [2.24, 2.45) is 0 Å². The van der Waals surface area contributed by atoms with E-state index in [4.69, 9.17) is 21.5 Å². The summed E-state index contributed by atoms with van der Waals surface area (Å²) < 4.78 is 1.01. The summed E-state index contributed by atoms with van der Waals surface area (Å²) in [6.45, 7) is -0.250. The van der Waals surface area contributed by atoms with Gasteiger partial charge >= 0.3 is 0 Å². The second-order valence-electron chi connectivity index (χ2n) is 4.71. The lowest BCUT2D eigenvalue weighted by atomic mass is 10.3. The third-order valence-corrected chi connectivity index (χ3v) is 3.89. The van der Waals surface area contributed by atoms with Crippen molar-refractivity contribution in [3.63, 3.8) is 0 Å². The second kappa shape index (κ2) is 6.90. The fraction of sp³-hybridized carbons (Fsp3) is 0. The summed E-state index contributed by atoms with van der Waals surface area (Å²) in [6.07, 6.45) is 1.84. The van der Waals surface area contributed by atoms with Gasteiger partial charge in [0.2, 0.25) is 5.95 Å². The predicted molar refractivity (Wildman–Crippen MR) is 96.9 cm³/mol. The highest BCUT2D eigenvalue weighted by Gasteiger charge is 2.09. The summed E-state index contributed by atoms with van der Waals surface area (Å²) in [5.41, 5.74) is 4.37. The summed E-state index contributed by atoms with van der Waals surface area (Å²) in [7, 11) is 0. The van der Waals surface area contributed by atoms with Crippen molar-refractivity contribution in [3.05, 3.63) is 46.2 Å². The molecule has 122 valence electrons. The molecule has 0 aliphatic rings. The first-order valence-corrected chi connectivity index (χ1v) is 7.91. The third kappa shape index (κ3) is 3.34. The molecule has 3 aromatic heterocycles. The van der Waals surface area contributed by atoms with E-state index in [0.717, 1.165) is 32.2 Å². The zero-order valence-corrected chi connectivity index (χ0v) is 14.4. The van der Waals surface area contributed by atoms with Crippen LogP contribution in [-0.2, 0) is 4.79 Å². The van der Waals surface area contributed by atoms with E-state index in [1.165, 1.54) is 0 Å². The molecule has 0 unspecified atom stereocenters. The summed E-state index contributed by atoms with van der Waals surface area (Å²) >= 11 is 9.40. The van der Waals surface area contributed by atoms with Crippen molar-refractivity contribution in [3.8, 4) is 0 Å². The molecule has 9 heteroatoms. The number of nitrogens with one attached hydrogen (secondary N) is 3. The molecule has 1 aromatic carbocycles. The number of aromatic amines is 2. The van der Waals surface area contributed by atoms with Gasteiger partial charge in [0.25, 0.3) is 6.47 Å². The molecule has 3 heterocycles. The van der Waals surface area contributed by atoms with Gasteiger partial charge in [0.1, 0.15) is 10.7 Å². The van der Waals surface area contributed by atoms with Crippen molar-refractivity contribution in [2.75, 3.05) is 5.32 Å². The molecule has 0 amide bonds. The van der Waals surface area contributed by atoms with E-state index >= 15 is 0 Å². The van der Waals surface area contributed by atoms with E-state index in [9.17, 15) is 0 Å². The van der Waals surface area contributed by atoms with Crippen LogP contribution in [-0.4, -0.2) is 31.5 Å². The molecule has 0 radical (unpaired) electrons. The highest BCUT2D eigenvalue weighted by atomic mass is 79.9. The van der Waals surface area contributed by atoms with E-state index in [-0.39, 0.29) is 6.47 Å². The van der Waals surface area contributed by atoms with Crippen LogP contribution in [0.2, 0.25) is 5.15 Å². The summed E-state index contributed by atoms with van der Waals surface area (Å²) in [5.74, 6) is 0.658. The minimum atomic E-state index is -0.250. The number of aromatic nitrogens is 4. The molecule has 4 aromatic rings. The number of benzene rings is 1. The number of rotatable bonds is 2. The number of H-pyrrole nitrogens is 2. The first-order valence-electron chi connectivity index (χ1n) is 6.74. The first kappa shape index (κ1) is 16.3.